The van der Waals surface area contributed by atoms with Gasteiger partial charge in [-0.2, -0.15) is 0 Å². The average Bonchev–Trinajstić information content (AvgIpc) is 2.64. The summed E-state index contributed by atoms with van der Waals surface area (Å²) in [6, 6.07) is 1.84. The molecule has 1 atom stereocenters. The number of nitrogens with one attached hydrogen (secondary N) is 1. The summed E-state index contributed by atoms with van der Waals surface area (Å²) in [6.07, 6.45) is 2.15. The van der Waals surface area contributed by atoms with Gasteiger partial charge in [-0.25, -0.2) is 0 Å². The van der Waals surface area contributed by atoms with Crippen LogP contribution in [-0.4, -0.2) is 17.8 Å². The van der Waals surface area contributed by atoms with Crippen molar-refractivity contribution in [2.75, 3.05) is 11.9 Å². The van der Waals surface area contributed by atoms with Crippen LogP contribution in [0.25, 0.3) is 0 Å². The molecule has 1 unspecified atom stereocenters. The first kappa shape index (κ1) is 15.7. The lowest BCUT2D eigenvalue weighted by molar-refractivity contribution is 0.0956. The van der Waals surface area contributed by atoms with Gasteiger partial charge < -0.3 is 5.32 Å². The molecule has 0 saturated heterocycles. The van der Waals surface area contributed by atoms with E-state index >= 15 is 0 Å². The number of hydrogen-bond donors (Lipinski definition) is 1. The van der Waals surface area contributed by atoms with Crippen LogP contribution in [0.15, 0.2) is 14.3 Å². The number of amides is 1. The number of carbonyl (C=O) groups is 1. The summed E-state index contributed by atoms with van der Waals surface area (Å²) in [7, 11) is 0. The van der Waals surface area contributed by atoms with E-state index in [0.29, 0.717) is 5.92 Å². The molecular formula is C11H14Br3NOS. The predicted molar refractivity (Wildman–Crippen MR) is 84.2 cm³/mol. The first-order valence-electron chi connectivity index (χ1n) is 5.33. The zero-order valence-corrected chi connectivity index (χ0v) is 15.0. The molecule has 0 fully saturated rings. The lowest BCUT2D eigenvalue weighted by Gasteiger charge is -2.07. The molecule has 1 amide bonds. The van der Waals surface area contributed by atoms with Gasteiger partial charge in [-0.05, 0) is 56.7 Å². The monoisotopic (exact) mass is 445 g/mol. The summed E-state index contributed by atoms with van der Waals surface area (Å²) in [4.78, 5) is 12.5. The molecule has 1 aromatic heterocycles. The molecule has 1 rings (SSSR count). The topological polar surface area (TPSA) is 29.1 Å². The van der Waals surface area contributed by atoms with Crippen molar-refractivity contribution < 1.29 is 4.79 Å². The molecule has 0 radical (unpaired) electrons. The van der Waals surface area contributed by atoms with Crippen LogP contribution < -0.4 is 5.32 Å². The molecule has 17 heavy (non-hydrogen) atoms. The fraction of sp³-hybridized carbons (Fsp3) is 0.545. The first-order chi connectivity index (χ1) is 8.04. The summed E-state index contributed by atoms with van der Waals surface area (Å²) in [6.45, 7) is 2.94. The van der Waals surface area contributed by atoms with Gasteiger partial charge in [0.2, 0.25) is 0 Å². The minimum absolute atomic E-state index is 0.00731. The van der Waals surface area contributed by atoms with Crippen LogP contribution in [-0.2, 0) is 0 Å². The summed E-state index contributed by atoms with van der Waals surface area (Å²) in [5.41, 5.74) is 0. The highest BCUT2D eigenvalue weighted by atomic mass is 79.9. The van der Waals surface area contributed by atoms with Crippen molar-refractivity contribution in [1.82, 2.24) is 5.32 Å². The van der Waals surface area contributed by atoms with Gasteiger partial charge in [-0.3, -0.25) is 4.79 Å². The number of thiophene rings is 1. The molecule has 96 valence electrons. The maximum Gasteiger partial charge on any atom is 0.261 e. The minimum atomic E-state index is 0.00731. The second-order valence-electron chi connectivity index (χ2n) is 3.89. The lowest BCUT2D eigenvalue weighted by atomic mass is 10.1. The second kappa shape index (κ2) is 7.92. The Kier molecular flexibility index (Phi) is 7.30. The van der Waals surface area contributed by atoms with E-state index in [1.165, 1.54) is 11.3 Å². The molecule has 0 bridgehead atoms. The SMILES string of the molecule is CC(CBr)CCCNC(=O)c1cc(Br)c(Br)s1. The molecule has 0 aromatic carbocycles. The number of hydrogen-bond acceptors (Lipinski definition) is 2. The van der Waals surface area contributed by atoms with E-state index < -0.39 is 0 Å². The van der Waals surface area contributed by atoms with Crippen LogP contribution in [0.2, 0.25) is 0 Å². The Bertz CT molecular complexity index is 361. The molecular weight excluding hydrogens is 434 g/mol. The Balaban J connectivity index is 2.30. The van der Waals surface area contributed by atoms with Crippen molar-refractivity contribution in [3.05, 3.63) is 19.2 Å². The molecule has 0 spiro atoms. The number of carbonyl (C=O) groups excluding carboxylic acids is 1. The third-order valence-electron chi connectivity index (χ3n) is 2.29. The van der Waals surface area contributed by atoms with Crippen LogP contribution in [0.4, 0.5) is 0 Å². The zero-order chi connectivity index (χ0) is 12.8. The van der Waals surface area contributed by atoms with Crippen molar-refractivity contribution in [2.24, 2.45) is 5.92 Å². The minimum Gasteiger partial charge on any atom is -0.351 e. The van der Waals surface area contributed by atoms with Crippen LogP contribution in [0.1, 0.15) is 29.4 Å². The summed E-state index contributed by atoms with van der Waals surface area (Å²) in [5.74, 6) is 0.671. The molecule has 0 aliphatic carbocycles. The Hall–Kier alpha value is 0.610. The highest BCUT2D eigenvalue weighted by Crippen LogP contribution is 2.32. The molecule has 1 N–H and O–H groups in total. The number of alkyl halides is 1. The highest BCUT2D eigenvalue weighted by molar-refractivity contribution is 9.13. The smallest absolute Gasteiger partial charge is 0.261 e. The number of rotatable bonds is 6. The van der Waals surface area contributed by atoms with E-state index in [2.05, 4.69) is 60.0 Å². The van der Waals surface area contributed by atoms with E-state index in [-0.39, 0.29) is 5.91 Å². The van der Waals surface area contributed by atoms with E-state index in [0.717, 1.165) is 37.9 Å². The quantitative estimate of drug-likeness (QED) is 0.492. The van der Waals surface area contributed by atoms with Crippen molar-refractivity contribution >= 4 is 65.0 Å². The van der Waals surface area contributed by atoms with E-state index in [9.17, 15) is 4.79 Å². The van der Waals surface area contributed by atoms with Crippen LogP contribution >= 0.6 is 59.1 Å². The van der Waals surface area contributed by atoms with Crippen LogP contribution in [0.3, 0.4) is 0 Å². The summed E-state index contributed by atoms with van der Waals surface area (Å²) < 4.78 is 1.89. The van der Waals surface area contributed by atoms with Crippen molar-refractivity contribution in [3.8, 4) is 0 Å². The van der Waals surface area contributed by atoms with Gasteiger partial charge >= 0.3 is 0 Å². The van der Waals surface area contributed by atoms with Crippen molar-refractivity contribution in [1.29, 1.82) is 0 Å². The van der Waals surface area contributed by atoms with Crippen LogP contribution in [0.5, 0.6) is 0 Å². The maximum atomic E-state index is 11.8. The highest BCUT2D eigenvalue weighted by Gasteiger charge is 2.11. The fourth-order valence-corrected chi connectivity index (χ4v) is 3.55. The predicted octanol–water partition coefficient (Wildman–Crippen LogP) is 4.81. The Labute approximate surface area is 131 Å². The van der Waals surface area contributed by atoms with E-state index in [1.54, 1.807) is 0 Å². The maximum absolute atomic E-state index is 11.8. The molecule has 0 aliphatic heterocycles. The van der Waals surface area contributed by atoms with Gasteiger partial charge in [0.05, 0.1) is 8.66 Å². The van der Waals surface area contributed by atoms with E-state index in [1.807, 2.05) is 6.07 Å². The fourth-order valence-electron chi connectivity index (χ4n) is 1.28. The average molecular weight is 448 g/mol. The van der Waals surface area contributed by atoms with Gasteiger partial charge in [-0.1, -0.05) is 22.9 Å². The normalized spacial score (nSPS) is 12.5. The van der Waals surface area contributed by atoms with Crippen molar-refractivity contribution in [3.63, 3.8) is 0 Å². The summed E-state index contributed by atoms with van der Waals surface area (Å²) in [5, 5.41) is 3.95. The van der Waals surface area contributed by atoms with Crippen LogP contribution in [0, 0.1) is 5.92 Å². The first-order valence-corrected chi connectivity index (χ1v) is 8.86. The number of halogens is 3. The Morgan fingerprint density at radius 3 is 2.76 bits per heavy atom. The third kappa shape index (κ3) is 5.41. The van der Waals surface area contributed by atoms with Gasteiger partial charge in [0.15, 0.2) is 0 Å². The standard InChI is InChI=1S/C11H14Br3NOS/c1-7(6-12)3-2-4-15-11(16)9-5-8(13)10(14)17-9/h5,7H,2-4,6H2,1H3,(H,15,16). The van der Waals surface area contributed by atoms with E-state index in [4.69, 9.17) is 0 Å². The molecule has 6 heteroatoms. The summed E-state index contributed by atoms with van der Waals surface area (Å²) >= 11 is 11.6. The molecule has 1 heterocycles. The van der Waals surface area contributed by atoms with Gasteiger partial charge in [0, 0.05) is 16.3 Å². The third-order valence-corrected chi connectivity index (χ3v) is 6.65. The second-order valence-corrected chi connectivity index (χ2v) is 7.76. The molecule has 2 nitrogen and oxygen atoms in total. The molecule has 1 aromatic rings. The van der Waals surface area contributed by atoms with Gasteiger partial charge in [-0.15, -0.1) is 11.3 Å². The molecule has 0 saturated carbocycles. The van der Waals surface area contributed by atoms with Crippen molar-refractivity contribution in [2.45, 2.75) is 19.8 Å². The largest absolute Gasteiger partial charge is 0.351 e. The van der Waals surface area contributed by atoms with Gasteiger partial charge in [0.1, 0.15) is 0 Å². The zero-order valence-electron chi connectivity index (χ0n) is 9.43. The molecule has 0 aliphatic rings. The Morgan fingerprint density at radius 1 is 1.53 bits per heavy atom. The van der Waals surface area contributed by atoms with Gasteiger partial charge in [0.25, 0.3) is 5.91 Å². The lowest BCUT2D eigenvalue weighted by Crippen LogP contribution is -2.23. The Morgan fingerprint density at radius 2 is 2.24 bits per heavy atom.